The van der Waals surface area contributed by atoms with Crippen molar-refractivity contribution in [2.45, 2.75) is 58.1 Å². The molecule has 0 heterocycles. The van der Waals surface area contributed by atoms with E-state index in [9.17, 15) is 13.2 Å². The van der Waals surface area contributed by atoms with E-state index >= 15 is 0 Å². The first-order valence-corrected chi connectivity index (χ1v) is 13.2. The Morgan fingerprint density at radius 3 is 2.20 bits per heavy atom. The summed E-state index contributed by atoms with van der Waals surface area (Å²) < 4.78 is 34.0. The van der Waals surface area contributed by atoms with E-state index in [0.717, 1.165) is 26.7 Å². The van der Waals surface area contributed by atoms with Crippen molar-refractivity contribution < 1.29 is 17.9 Å². The third-order valence-corrected chi connectivity index (χ3v) is 7.29. The minimum Gasteiger partial charge on any atom is -0.491 e. The van der Waals surface area contributed by atoms with Gasteiger partial charge in [-0.3, -0.25) is 9.10 Å². The fourth-order valence-electron chi connectivity index (χ4n) is 3.57. The zero-order chi connectivity index (χ0) is 25.6. The van der Waals surface area contributed by atoms with Crippen LogP contribution in [0.15, 0.2) is 77.7 Å². The lowest BCUT2D eigenvalue weighted by molar-refractivity contribution is -0.119. The molecule has 0 radical (unpaired) electrons. The second-order valence-electron chi connectivity index (χ2n) is 9.16. The molecule has 3 rings (SSSR count). The number of nitrogens with zero attached hydrogens (tertiary/aromatic N) is 1. The molecule has 0 spiro atoms. The molecule has 1 amide bonds. The Morgan fingerprint density at radius 1 is 0.943 bits per heavy atom. The molecular weight excluding hydrogens is 460 g/mol. The van der Waals surface area contributed by atoms with Gasteiger partial charge in [0.1, 0.15) is 12.3 Å². The zero-order valence-corrected chi connectivity index (χ0v) is 21.8. The molecule has 0 aromatic heterocycles. The van der Waals surface area contributed by atoms with E-state index < -0.39 is 15.9 Å². The van der Waals surface area contributed by atoms with Crippen LogP contribution in [0.2, 0.25) is 0 Å². The van der Waals surface area contributed by atoms with Crippen LogP contribution in [0.4, 0.5) is 5.69 Å². The maximum atomic E-state index is 13.5. The van der Waals surface area contributed by atoms with Gasteiger partial charge in [0.05, 0.1) is 16.7 Å². The van der Waals surface area contributed by atoms with Crippen LogP contribution in [0.3, 0.4) is 0 Å². The number of carbonyl (C=O) groups excluding carboxylic acids is 1. The first kappa shape index (κ1) is 26.3. The number of benzene rings is 3. The number of ether oxygens (including phenoxy) is 1. The summed E-state index contributed by atoms with van der Waals surface area (Å²) in [6, 6.07) is 21.4. The highest BCUT2D eigenvalue weighted by Crippen LogP contribution is 2.26. The van der Waals surface area contributed by atoms with E-state index in [0.29, 0.717) is 11.6 Å². The molecule has 0 saturated heterocycles. The van der Waals surface area contributed by atoms with Crippen LogP contribution in [0.1, 0.15) is 50.3 Å². The summed E-state index contributed by atoms with van der Waals surface area (Å²) in [7, 11) is -3.95. The predicted molar refractivity (Wildman–Crippen MR) is 140 cm³/mol. The lowest BCUT2D eigenvalue weighted by Crippen LogP contribution is -2.40. The normalized spacial score (nSPS) is 11.5. The fourth-order valence-corrected chi connectivity index (χ4v) is 4.99. The molecule has 3 aromatic carbocycles. The summed E-state index contributed by atoms with van der Waals surface area (Å²) in [6.07, 6.45) is 0.0439. The van der Waals surface area contributed by atoms with Crippen molar-refractivity contribution in [3.63, 3.8) is 0 Å². The molecule has 0 aliphatic rings. The maximum Gasteiger partial charge on any atom is 0.264 e. The average Bonchev–Trinajstić information content (AvgIpc) is 2.81. The van der Waals surface area contributed by atoms with Gasteiger partial charge < -0.3 is 10.1 Å². The molecule has 35 heavy (non-hydrogen) atoms. The van der Waals surface area contributed by atoms with Crippen molar-refractivity contribution in [2.75, 3.05) is 10.8 Å². The van der Waals surface area contributed by atoms with Crippen LogP contribution in [-0.4, -0.2) is 27.0 Å². The van der Waals surface area contributed by atoms with E-state index in [4.69, 9.17) is 4.74 Å². The topological polar surface area (TPSA) is 75.7 Å². The number of rotatable bonds is 10. The molecule has 186 valence electrons. The summed E-state index contributed by atoms with van der Waals surface area (Å²) in [5, 5.41) is 2.84. The Labute approximate surface area is 209 Å². The lowest BCUT2D eigenvalue weighted by atomic mass is 10.0. The number of hydrogen-bond acceptors (Lipinski definition) is 4. The van der Waals surface area contributed by atoms with Crippen LogP contribution in [-0.2, 0) is 21.4 Å². The maximum absolute atomic E-state index is 13.5. The molecular formula is C28H34N2O4S. The molecule has 3 aromatic rings. The summed E-state index contributed by atoms with van der Waals surface area (Å²) in [5.41, 5.74) is 3.36. The van der Waals surface area contributed by atoms with Gasteiger partial charge in [-0.05, 0) is 74.2 Å². The quantitative estimate of drug-likeness (QED) is 0.408. The van der Waals surface area contributed by atoms with Gasteiger partial charge in [-0.25, -0.2) is 8.42 Å². The Balaban J connectivity index is 1.82. The summed E-state index contributed by atoms with van der Waals surface area (Å²) in [6.45, 7) is 9.87. The van der Waals surface area contributed by atoms with Crippen molar-refractivity contribution in [3.8, 4) is 5.75 Å². The highest BCUT2D eigenvalue weighted by Gasteiger charge is 2.27. The smallest absolute Gasteiger partial charge is 0.264 e. The largest absolute Gasteiger partial charge is 0.491 e. The first-order chi connectivity index (χ1) is 16.6. The standard InChI is InChI=1S/C28H34N2O4S/c1-20(2)24-11-13-25(14-12-24)30(35(32,33)27-15-9-22(5)10-16-27)19-28(31)29-18-23-7-6-8-26(17-23)34-21(3)4/h6-17,20-21H,18-19H2,1-5H3,(H,29,31). The Morgan fingerprint density at radius 2 is 1.60 bits per heavy atom. The van der Waals surface area contributed by atoms with Crippen molar-refractivity contribution in [1.29, 1.82) is 0 Å². The van der Waals surface area contributed by atoms with E-state index in [1.54, 1.807) is 36.4 Å². The van der Waals surface area contributed by atoms with Gasteiger partial charge >= 0.3 is 0 Å². The second-order valence-corrected chi connectivity index (χ2v) is 11.0. The van der Waals surface area contributed by atoms with Gasteiger partial charge in [-0.1, -0.05) is 55.8 Å². The molecule has 0 bridgehead atoms. The summed E-state index contributed by atoms with van der Waals surface area (Å²) in [5.74, 6) is 0.634. The molecule has 0 aliphatic carbocycles. The van der Waals surface area contributed by atoms with Crippen molar-refractivity contribution in [3.05, 3.63) is 89.5 Å². The van der Waals surface area contributed by atoms with Crippen LogP contribution in [0, 0.1) is 6.92 Å². The molecule has 0 unspecified atom stereocenters. The molecule has 1 N–H and O–H groups in total. The zero-order valence-electron chi connectivity index (χ0n) is 21.0. The van der Waals surface area contributed by atoms with Gasteiger partial charge in [0, 0.05) is 6.54 Å². The highest BCUT2D eigenvalue weighted by atomic mass is 32.2. The van der Waals surface area contributed by atoms with E-state index in [1.807, 2.05) is 57.2 Å². The van der Waals surface area contributed by atoms with Gasteiger partial charge in [-0.15, -0.1) is 0 Å². The summed E-state index contributed by atoms with van der Waals surface area (Å²) in [4.78, 5) is 13.1. The van der Waals surface area contributed by atoms with Gasteiger partial charge in [0.25, 0.3) is 10.0 Å². The Bertz CT molecular complexity index is 1230. The molecule has 7 heteroatoms. The molecule has 0 aliphatic heterocycles. The first-order valence-electron chi connectivity index (χ1n) is 11.8. The SMILES string of the molecule is Cc1ccc(S(=O)(=O)N(CC(=O)NCc2cccc(OC(C)C)c2)c2ccc(C(C)C)cc2)cc1. The van der Waals surface area contributed by atoms with Crippen LogP contribution >= 0.6 is 0 Å². The summed E-state index contributed by atoms with van der Waals surface area (Å²) >= 11 is 0. The fraction of sp³-hybridized carbons (Fsp3) is 0.321. The van der Waals surface area contributed by atoms with Gasteiger partial charge in [-0.2, -0.15) is 0 Å². The molecule has 0 saturated carbocycles. The van der Waals surface area contributed by atoms with Gasteiger partial charge in [0.15, 0.2) is 0 Å². The molecule has 0 atom stereocenters. The predicted octanol–water partition coefficient (Wildman–Crippen LogP) is 5.42. The van der Waals surface area contributed by atoms with E-state index in [2.05, 4.69) is 19.2 Å². The number of amides is 1. The van der Waals surface area contributed by atoms with Crippen molar-refractivity contribution in [1.82, 2.24) is 5.32 Å². The number of aryl methyl sites for hydroxylation is 1. The lowest BCUT2D eigenvalue weighted by Gasteiger charge is -2.24. The minimum atomic E-state index is -3.95. The van der Waals surface area contributed by atoms with Crippen molar-refractivity contribution >= 4 is 21.6 Å². The number of nitrogens with one attached hydrogen (secondary N) is 1. The Kier molecular flexibility index (Phi) is 8.57. The minimum absolute atomic E-state index is 0.0439. The molecule has 6 nitrogen and oxygen atoms in total. The van der Waals surface area contributed by atoms with Crippen LogP contribution in [0.25, 0.3) is 0 Å². The number of hydrogen-bond donors (Lipinski definition) is 1. The van der Waals surface area contributed by atoms with E-state index in [1.165, 1.54) is 0 Å². The molecule has 0 fully saturated rings. The van der Waals surface area contributed by atoms with Crippen LogP contribution < -0.4 is 14.4 Å². The number of sulfonamides is 1. The monoisotopic (exact) mass is 494 g/mol. The number of carbonyl (C=O) groups is 1. The third-order valence-electron chi connectivity index (χ3n) is 5.50. The second kappa shape index (κ2) is 11.4. The third kappa shape index (κ3) is 7.09. The van der Waals surface area contributed by atoms with Crippen molar-refractivity contribution in [2.24, 2.45) is 0 Å². The average molecular weight is 495 g/mol. The highest BCUT2D eigenvalue weighted by molar-refractivity contribution is 7.92. The Hall–Kier alpha value is -3.32. The van der Waals surface area contributed by atoms with Crippen LogP contribution in [0.5, 0.6) is 5.75 Å². The van der Waals surface area contributed by atoms with E-state index in [-0.39, 0.29) is 24.1 Å². The van der Waals surface area contributed by atoms with Gasteiger partial charge in [0.2, 0.25) is 5.91 Å². The number of anilines is 1.